The van der Waals surface area contributed by atoms with E-state index in [2.05, 4.69) is 5.32 Å². The van der Waals surface area contributed by atoms with Gasteiger partial charge in [-0.2, -0.15) is 0 Å². The number of anilines is 1. The van der Waals surface area contributed by atoms with Gasteiger partial charge in [0, 0.05) is 23.7 Å². The highest BCUT2D eigenvalue weighted by molar-refractivity contribution is 7.92. The van der Waals surface area contributed by atoms with E-state index in [0.29, 0.717) is 28.7 Å². The van der Waals surface area contributed by atoms with Crippen molar-refractivity contribution in [2.24, 2.45) is 0 Å². The van der Waals surface area contributed by atoms with E-state index in [-0.39, 0.29) is 34.8 Å². The molecule has 4 rings (SSSR count). The monoisotopic (exact) mass is 657 g/mol. The van der Waals surface area contributed by atoms with Crippen LogP contribution in [0.25, 0.3) is 0 Å². The van der Waals surface area contributed by atoms with Crippen LogP contribution in [-0.2, 0) is 26.2 Å². The number of nitrogens with zero attached hydrogens (tertiary/aromatic N) is 2. The Hall–Kier alpha value is -3.96. The molecule has 3 aromatic carbocycles. The van der Waals surface area contributed by atoms with Crippen molar-refractivity contribution in [1.29, 1.82) is 0 Å². The molecule has 0 unspecified atom stereocenters. The van der Waals surface area contributed by atoms with Gasteiger partial charge >= 0.3 is 0 Å². The molecule has 45 heavy (non-hydrogen) atoms. The Labute approximate surface area is 270 Å². The maximum atomic E-state index is 14.2. The number of ether oxygens (including phenoxy) is 3. The fourth-order valence-corrected chi connectivity index (χ4v) is 6.92. The van der Waals surface area contributed by atoms with Crippen LogP contribution >= 0.6 is 11.6 Å². The Bertz CT molecular complexity index is 1580. The van der Waals surface area contributed by atoms with Crippen LogP contribution in [0.3, 0.4) is 0 Å². The summed E-state index contributed by atoms with van der Waals surface area (Å²) in [4.78, 5) is 28.9. The predicted molar refractivity (Wildman–Crippen MR) is 174 cm³/mol. The molecule has 1 saturated carbocycles. The molecule has 1 aliphatic carbocycles. The minimum atomic E-state index is -4.33. The largest absolute Gasteiger partial charge is 0.494 e. The Morgan fingerprint density at radius 1 is 0.978 bits per heavy atom. The first-order chi connectivity index (χ1) is 21.6. The summed E-state index contributed by atoms with van der Waals surface area (Å²) in [5, 5.41) is 3.49. The number of rotatable bonds is 14. The van der Waals surface area contributed by atoms with Crippen molar-refractivity contribution in [3.8, 4) is 17.2 Å². The van der Waals surface area contributed by atoms with Crippen molar-refractivity contribution in [1.82, 2.24) is 10.2 Å². The Balaban J connectivity index is 1.73. The van der Waals surface area contributed by atoms with Gasteiger partial charge < -0.3 is 24.4 Å². The van der Waals surface area contributed by atoms with Crippen LogP contribution in [0.15, 0.2) is 71.6 Å². The molecule has 1 N–H and O–H groups in total. The van der Waals surface area contributed by atoms with Gasteiger partial charge in [0.05, 0.1) is 31.4 Å². The normalized spacial score (nSPS) is 14.0. The summed E-state index contributed by atoms with van der Waals surface area (Å²) in [6.45, 7) is 3.34. The van der Waals surface area contributed by atoms with Gasteiger partial charge in [-0.15, -0.1) is 0 Å². The first kappa shape index (κ1) is 33.9. The lowest BCUT2D eigenvalue weighted by Gasteiger charge is -2.32. The average Bonchev–Trinajstić information content (AvgIpc) is 3.56. The molecule has 0 spiro atoms. The Morgan fingerprint density at radius 2 is 1.64 bits per heavy atom. The molecule has 0 heterocycles. The fraction of sp³-hybridized carbons (Fsp3) is 0.394. The minimum absolute atomic E-state index is 0.00524. The first-order valence-corrected chi connectivity index (χ1v) is 16.7. The fourth-order valence-electron chi connectivity index (χ4n) is 5.29. The van der Waals surface area contributed by atoms with E-state index in [4.69, 9.17) is 25.8 Å². The second kappa shape index (κ2) is 15.4. The average molecular weight is 658 g/mol. The van der Waals surface area contributed by atoms with Crippen LogP contribution in [-0.4, -0.2) is 64.6 Å². The molecule has 1 atom stereocenters. The van der Waals surface area contributed by atoms with Gasteiger partial charge in [0.25, 0.3) is 10.0 Å². The number of hydrogen-bond acceptors (Lipinski definition) is 7. The van der Waals surface area contributed by atoms with E-state index < -0.39 is 28.5 Å². The van der Waals surface area contributed by atoms with Gasteiger partial charge in [0.15, 0.2) is 11.5 Å². The lowest BCUT2D eigenvalue weighted by molar-refractivity contribution is -0.139. The van der Waals surface area contributed by atoms with Crippen molar-refractivity contribution in [2.75, 3.05) is 31.7 Å². The highest BCUT2D eigenvalue weighted by Gasteiger charge is 2.34. The summed E-state index contributed by atoms with van der Waals surface area (Å²) in [5.74, 6) is 0.232. The van der Waals surface area contributed by atoms with Gasteiger partial charge in [0.1, 0.15) is 18.3 Å². The minimum Gasteiger partial charge on any atom is -0.494 e. The van der Waals surface area contributed by atoms with Gasteiger partial charge in [-0.05, 0) is 74.7 Å². The molecule has 0 aliphatic heterocycles. The maximum absolute atomic E-state index is 14.2. The van der Waals surface area contributed by atoms with Gasteiger partial charge in [0.2, 0.25) is 11.8 Å². The van der Waals surface area contributed by atoms with Crippen LogP contribution < -0.4 is 23.8 Å². The predicted octanol–water partition coefficient (Wildman–Crippen LogP) is 5.43. The summed E-state index contributed by atoms with van der Waals surface area (Å²) >= 11 is 6.46. The number of carbonyl (C=O) groups excluding carboxylic acids is 2. The summed E-state index contributed by atoms with van der Waals surface area (Å²) in [7, 11) is -1.47. The second-order valence-electron chi connectivity index (χ2n) is 10.7. The zero-order valence-corrected chi connectivity index (χ0v) is 27.6. The van der Waals surface area contributed by atoms with E-state index in [0.717, 1.165) is 30.0 Å². The molecule has 242 valence electrons. The van der Waals surface area contributed by atoms with Crippen molar-refractivity contribution >= 4 is 39.1 Å². The smallest absolute Gasteiger partial charge is 0.264 e. The SMILES string of the molecule is CCOc1ccc(N(CC(=O)N(Cc2ccccc2Cl)[C@@H](C)C(=O)NC2CCCC2)S(=O)(=O)c2ccc(OC)c(OC)c2)cc1. The van der Waals surface area contributed by atoms with E-state index in [1.54, 1.807) is 55.5 Å². The number of carbonyl (C=O) groups is 2. The molecule has 2 amide bonds. The lowest BCUT2D eigenvalue weighted by atomic mass is 10.1. The molecule has 1 fully saturated rings. The third kappa shape index (κ3) is 8.20. The van der Waals surface area contributed by atoms with Gasteiger partial charge in [-0.25, -0.2) is 8.42 Å². The standard InChI is InChI=1S/C33H40ClN3O7S/c1-5-44-27-16-14-26(15-17-27)37(45(40,41)28-18-19-30(42-3)31(20-28)43-4)22-32(38)36(21-24-10-6-9-13-29(24)34)23(2)33(39)35-25-11-7-8-12-25/h6,9-10,13-20,23,25H,5,7-8,11-12,21-22H2,1-4H3,(H,35,39)/t23-/m0/s1. The number of nitrogens with one attached hydrogen (secondary N) is 1. The van der Waals surface area contributed by atoms with E-state index in [1.807, 2.05) is 6.92 Å². The highest BCUT2D eigenvalue weighted by Crippen LogP contribution is 2.33. The third-order valence-corrected chi connectivity index (χ3v) is 9.96. The summed E-state index contributed by atoms with van der Waals surface area (Å²) < 4.78 is 45.7. The molecule has 3 aromatic rings. The zero-order chi connectivity index (χ0) is 32.6. The van der Waals surface area contributed by atoms with Crippen LogP contribution in [0, 0.1) is 0 Å². The summed E-state index contributed by atoms with van der Waals surface area (Å²) in [6, 6.07) is 16.8. The van der Waals surface area contributed by atoms with Crippen molar-refractivity contribution < 1.29 is 32.2 Å². The van der Waals surface area contributed by atoms with Crippen molar-refractivity contribution in [3.05, 3.63) is 77.3 Å². The number of sulfonamides is 1. The molecular formula is C33H40ClN3O7S. The molecule has 0 bridgehead atoms. The molecule has 1 aliphatic rings. The van der Waals surface area contributed by atoms with E-state index in [1.165, 1.54) is 37.3 Å². The van der Waals surface area contributed by atoms with Gasteiger partial charge in [-0.1, -0.05) is 42.6 Å². The molecule has 12 heteroatoms. The van der Waals surface area contributed by atoms with Crippen LogP contribution in [0.5, 0.6) is 17.2 Å². The molecule has 0 radical (unpaired) electrons. The maximum Gasteiger partial charge on any atom is 0.264 e. The highest BCUT2D eigenvalue weighted by atomic mass is 35.5. The zero-order valence-electron chi connectivity index (χ0n) is 26.0. The molecule has 0 saturated heterocycles. The third-order valence-electron chi connectivity index (χ3n) is 7.82. The van der Waals surface area contributed by atoms with Gasteiger partial charge in [-0.3, -0.25) is 13.9 Å². The van der Waals surface area contributed by atoms with Crippen molar-refractivity contribution in [3.63, 3.8) is 0 Å². The number of benzene rings is 3. The summed E-state index contributed by atoms with van der Waals surface area (Å²) in [5.41, 5.74) is 0.866. The van der Waals surface area contributed by atoms with E-state index >= 15 is 0 Å². The topological polar surface area (TPSA) is 114 Å². The van der Waals surface area contributed by atoms with Crippen LogP contribution in [0.4, 0.5) is 5.69 Å². The quantitative estimate of drug-likeness (QED) is 0.246. The number of hydrogen-bond donors (Lipinski definition) is 1. The molecular weight excluding hydrogens is 618 g/mol. The second-order valence-corrected chi connectivity index (χ2v) is 13.0. The molecule has 0 aromatic heterocycles. The number of methoxy groups -OCH3 is 2. The Kier molecular flexibility index (Phi) is 11.6. The number of halogens is 1. The van der Waals surface area contributed by atoms with Crippen LogP contribution in [0.2, 0.25) is 5.02 Å². The van der Waals surface area contributed by atoms with Crippen LogP contribution in [0.1, 0.15) is 45.1 Å². The Morgan fingerprint density at radius 3 is 2.27 bits per heavy atom. The van der Waals surface area contributed by atoms with E-state index in [9.17, 15) is 18.0 Å². The first-order valence-electron chi connectivity index (χ1n) is 14.9. The van der Waals surface area contributed by atoms with Crippen molar-refractivity contribution in [2.45, 2.75) is 63.1 Å². The lowest BCUT2D eigenvalue weighted by Crippen LogP contribution is -2.52. The molecule has 10 nitrogen and oxygen atoms in total. The number of amides is 2. The summed E-state index contributed by atoms with van der Waals surface area (Å²) in [6.07, 6.45) is 3.83.